The summed E-state index contributed by atoms with van der Waals surface area (Å²) in [5, 5.41) is 5.89. The van der Waals surface area contributed by atoms with Crippen LogP contribution < -0.4 is 19.5 Å². The fourth-order valence-electron chi connectivity index (χ4n) is 2.20. The SMILES string of the molecule is CC(C)c1nc(CNC(=O)[C@H](C)Oc2ccc3c(c2)OCO3)cs1. The molecule has 0 fully saturated rings. The highest BCUT2D eigenvalue weighted by Crippen LogP contribution is 2.35. The number of carbonyl (C=O) groups is 1. The van der Waals surface area contributed by atoms with E-state index in [1.54, 1.807) is 36.5 Å². The minimum absolute atomic E-state index is 0.188. The van der Waals surface area contributed by atoms with Gasteiger partial charge < -0.3 is 19.5 Å². The van der Waals surface area contributed by atoms with Gasteiger partial charge in [-0.05, 0) is 19.1 Å². The van der Waals surface area contributed by atoms with E-state index in [9.17, 15) is 4.79 Å². The van der Waals surface area contributed by atoms with Gasteiger partial charge in [0.1, 0.15) is 5.75 Å². The van der Waals surface area contributed by atoms with Crippen LogP contribution in [0.25, 0.3) is 0 Å². The van der Waals surface area contributed by atoms with Crippen molar-refractivity contribution in [1.82, 2.24) is 10.3 Å². The fraction of sp³-hybridized carbons (Fsp3) is 0.412. The van der Waals surface area contributed by atoms with Crippen molar-refractivity contribution in [2.75, 3.05) is 6.79 Å². The average molecular weight is 348 g/mol. The predicted octanol–water partition coefficient (Wildman–Crippen LogP) is 3.08. The fourth-order valence-corrected chi connectivity index (χ4v) is 3.03. The number of benzene rings is 1. The Morgan fingerprint density at radius 2 is 2.12 bits per heavy atom. The lowest BCUT2D eigenvalue weighted by molar-refractivity contribution is -0.127. The summed E-state index contributed by atoms with van der Waals surface area (Å²) in [4.78, 5) is 16.7. The first kappa shape index (κ1) is 16.6. The number of carbonyl (C=O) groups excluding carboxylic acids is 1. The largest absolute Gasteiger partial charge is 0.481 e. The molecular weight excluding hydrogens is 328 g/mol. The predicted molar refractivity (Wildman–Crippen MR) is 90.7 cm³/mol. The zero-order valence-corrected chi connectivity index (χ0v) is 14.7. The summed E-state index contributed by atoms with van der Waals surface area (Å²) in [6, 6.07) is 5.25. The van der Waals surface area contributed by atoms with Crippen LogP contribution in [0.3, 0.4) is 0 Å². The first-order valence-corrected chi connectivity index (χ1v) is 8.69. The van der Waals surface area contributed by atoms with Gasteiger partial charge in [-0.2, -0.15) is 0 Å². The highest BCUT2D eigenvalue weighted by Gasteiger charge is 2.18. The van der Waals surface area contributed by atoms with Gasteiger partial charge in [0.25, 0.3) is 5.91 Å². The highest BCUT2D eigenvalue weighted by molar-refractivity contribution is 7.09. The van der Waals surface area contributed by atoms with Crippen molar-refractivity contribution in [3.05, 3.63) is 34.3 Å². The summed E-state index contributed by atoms with van der Waals surface area (Å²) >= 11 is 1.61. The van der Waals surface area contributed by atoms with E-state index in [1.165, 1.54) is 0 Å². The number of thiazole rings is 1. The first-order valence-electron chi connectivity index (χ1n) is 7.81. The van der Waals surface area contributed by atoms with E-state index in [-0.39, 0.29) is 12.7 Å². The molecule has 1 atom stereocenters. The van der Waals surface area contributed by atoms with Crippen LogP contribution in [0.1, 0.15) is 37.4 Å². The molecule has 1 N–H and O–H groups in total. The van der Waals surface area contributed by atoms with E-state index >= 15 is 0 Å². The monoisotopic (exact) mass is 348 g/mol. The molecule has 128 valence electrons. The third-order valence-electron chi connectivity index (χ3n) is 3.53. The second-order valence-corrected chi connectivity index (χ2v) is 6.71. The highest BCUT2D eigenvalue weighted by atomic mass is 32.1. The number of hydrogen-bond acceptors (Lipinski definition) is 6. The molecule has 6 nitrogen and oxygen atoms in total. The van der Waals surface area contributed by atoms with Crippen LogP contribution in [0.4, 0.5) is 0 Å². The molecule has 0 radical (unpaired) electrons. The number of hydrogen-bond donors (Lipinski definition) is 1. The van der Waals surface area contributed by atoms with Gasteiger partial charge in [0.15, 0.2) is 17.6 Å². The molecule has 1 aromatic carbocycles. The molecule has 1 aromatic heterocycles. The number of aromatic nitrogens is 1. The molecule has 2 aromatic rings. The van der Waals surface area contributed by atoms with Crippen molar-refractivity contribution >= 4 is 17.2 Å². The molecule has 1 aliphatic heterocycles. The van der Waals surface area contributed by atoms with E-state index in [2.05, 4.69) is 24.1 Å². The standard InChI is InChI=1S/C17H20N2O4S/c1-10(2)17-19-12(8-24-17)7-18-16(20)11(3)23-13-4-5-14-15(6-13)22-9-21-14/h4-6,8,10-11H,7,9H2,1-3H3,(H,18,20)/t11-/m0/s1. The first-order chi connectivity index (χ1) is 11.5. The van der Waals surface area contributed by atoms with Gasteiger partial charge >= 0.3 is 0 Å². The van der Waals surface area contributed by atoms with E-state index in [4.69, 9.17) is 14.2 Å². The third-order valence-corrected chi connectivity index (χ3v) is 4.73. The third kappa shape index (κ3) is 3.79. The van der Waals surface area contributed by atoms with Crippen LogP contribution >= 0.6 is 11.3 Å². The summed E-state index contributed by atoms with van der Waals surface area (Å²) in [5.41, 5.74) is 0.868. The maximum atomic E-state index is 12.2. The Bertz CT molecular complexity index is 729. The Morgan fingerprint density at radius 1 is 1.33 bits per heavy atom. The van der Waals surface area contributed by atoms with Crippen molar-refractivity contribution in [2.24, 2.45) is 0 Å². The number of fused-ring (bicyclic) bond motifs is 1. The summed E-state index contributed by atoms with van der Waals surface area (Å²) in [7, 11) is 0. The minimum atomic E-state index is -0.617. The van der Waals surface area contributed by atoms with E-state index < -0.39 is 6.10 Å². The van der Waals surface area contributed by atoms with E-state index in [1.807, 2.05) is 5.38 Å². The van der Waals surface area contributed by atoms with Gasteiger partial charge in [0.2, 0.25) is 6.79 Å². The van der Waals surface area contributed by atoms with Gasteiger partial charge in [-0.1, -0.05) is 13.8 Å². The number of nitrogens with zero attached hydrogens (tertiary/aromatic N) is 1. The zero-order chi connectivity index (χ0) is 17.1. The van der Waals surface area contributed by atoms with Crippen LogP contribution in [-0.4, -0.2) is 23.8 Å². The molecular formula is C17H20N2O4S. The molecule has 1 aliphatic rings. The summed E-state index contributed by atoms with van der Waals surface area (Å²) in [6.07, 6.45) is -0.617. The van der Waals surface area contributed by atoms with Gasteiger partial charge in [-0.3, -0.25) is 4.79 Å². The Morgan fingerprint density at radius 3 is 2.88 bits per heavy atom. The van der Waals surface area contributed by atoms with Gasteiger partial charge in [0.05, 0.1) is 17.2 Å². The Labute approximate surface area is 144 Å². The molecule has 1 amide bonds. The number of rotatable bonds is 6. The lowest BCUT2D eigenvalue weighted by atomic mass is 10.2. The molecule has 0 spiro atoms. The maximum absolute atomic E-state index is 12.2. The van der Waals surface area contributed by atoms with E-state index in [0.29, 0.717) is 29.7 Å². The molecule has 2 heterocycles. The Balaban J connectivity index is 1.52. The lowest BCUT2D eigenvalue weighted by Crippen LogP contribution is -2.36. The van der Waals surface area contributed by atoms with Gasteiger partial charge in [0, 0.05) is 17.4 Å². The normalized spacial score (nSPS) is 13.8. The number of amides is 1. The second kappa shape index (κ2) is 7.09. The molecule has 24 heavy (non-hydrogen) atoms. The summed E-state index contributed by atoms with van der Waals surface area (Å²) < 4.78 is 16.2. The second-order valence-electron chi connectivity index (χ2n) is 5.82. The molecule has 0 aliphatic carbocycles. The van der Waals surface area contributed by atoms with Gasteiger partial charge in [-0.25, -0.2) is 4.98 Å². The average Bonchev–Trinajstić information content (AvgIpc) is 3.21. The molecule has 0 saturated heterocycles. The Hall–Kier alpha value is -2.28. The van der Waals surface area contributed by atoms with Crippen molar-refractivity contribution in [1.29, 1.82) is 0 Å². The van der Waals surface area contributed by atoms with Crippen molar-refractivity contribution in [3.63, 3.8) is 0 Å². The summed E-state index contributed by atoms with van der Waals surface area (Å²) in [6.45, 7) is 6.52. The zero-order valence-electron chi connectivity index (χ0n) is 13.9. The van der Waals surface area contributed by atoms with Crippen molar-refractivity contribution in [2.45, 2.75) is 39.3 Å². The van der Waals surface area contributed by atoms with Crippen molar-refractivity contribution < 1.29 is 19.0 Å². The van der Waals surface area contributed by atoms with Crippen LogP contribution in [0, 0.1) is 0 Å². The molecule has 0 bridgehead atoms. The van der Waals surface area contributed by atoms with Crippen LogP contribution in [0.2, 0.25) is 0 Å². The summed E-state index contributed by atoms with van der Waals surface area (Å²) in [5.74, 6) is 2.09. The van der Waals surface area contributed by atoms with Crippen LogP contribution in [-0.2, 0) is 11.3 Å². The number of nitrogens with one attached hydrogen (secondary N) is 1. The molecule has 0 saturated carbocycles. The van der Waals surface area contributed by atoms with E-state index in [0.717, 1.165) is 10.7 Å². The number of ether oxygens (including phenoxy) is 3. The molecule has 3 rings (SSSR count). The smallest absolute Gasteiger partial charge is 0.261 e. The van der Waals surface area contributed by atoms with Crippen LogP contribution in [0.5, 0.6) is 17.2 Å². The topological polar surface area (TPSA) is 69.7 Å². The lowest BCUT2D eigenvalue weighted by Gasteiger charge is -2.14. The maximum Gasteiger partial charge on any atom is 0.261 e. The minimum Gasteiger partial charge on any atom is -0.481 e. The molecule has 7 heteroatoms. The van der Waals surface area contributed by atoms with Crippen LogP contribution in [0.15, 0.2) is 23.6 Å². The Kier molecular flexibility index (Phi) is 4.89. The van der Waals surface area contributed by atoms with Gasteiger partial charge in [-0.15, -0.1) is 11.3 Å². The quantitative estimate of drug-likeness (QED) is 0.869. The molecule has 0 unspecified atom stereocenters. The van der Waals surface area contributed by atoms with Crippen molar-refractivity contribution in [3.8, 4) is 17.2 Å².